The van der Waals surface area contributed by atoms with E-state index < -0.39 is 10.0 Å². The Bertz CT molecular complexity index is 270. The molecule has 1 N–H and O–H groups in total. The molecule has 0 saturated carbocycles. The Kier molecular flexibility index (Phi) is 3.88. The standard InChI is InChI=1S/C8H19N3O2S/c1-8(9-2)10-4-6-11(7-5-10)14(3,12)13/h8-9H,4-7H2,1-3H3. The highest BCUT2D eigenvalue weighted by Crippen LogP contribution is 2.07. The van der Waals surface area contributed by atoms with Gasteiger partial charge in [0, 0.05) is 26.2 Å². The minimum Gasteiger partial charge on any atom is -0.305 e. The van der Waals surface area contributed by atoms with E-state index in [9.17, 15) is 8.42 Å². The van der Waals surface area contributed by atoms with E-state index >= 15 is 0 Å². The third-order valence-electron chi connectivity index (χ3n) is 2.71. The smallest absolute Gasteiger partial charge is 0.211 e. The molecule has 0 aromatic heterocycles. The molecule has 0 aromatic carbocycles. The fourth-order valence-corrected chi connectivity index (χ4v) is 2.43. The summed E-state index contributed by atoms with van der Waals surface area (Å²) in [5.74, 6) is 0. The predicted molar refractivity (Wildman–Crippen MR) is 56.5 cm³/mol. The van der Waals surface area contributed by atoms with E-state index in [4.69, 9.17) is 0 Å². The summed E-state index contributed by atoms with van der Waals surface area (Å²) in [4.78, 5) is 2.24. The van der Waals surface area contributed by atoms with E-state index in [1.54, 1.807) is 0 Å². The summed E-state index contributed by atoms with van der Waals surface area (Å²) in [5, 5.41) is 3.15. The first kappa shape index (κ1) is 11.9. The van der Waals surface area contributed by atoms with Crippen molar-refractivity contribution in [2.24, 2.45) is 0 Å². The number of nitrogens with one attached hydrogen (secondary N) is 1. The van der Waals surface area contributed by atoms with Crippen LogP contribution in [0.4, 0.5) is 0 Å². The summed E-state index contributed by atoms with van der Waals surface area (Å²) in [5.41, 5.74) is 0. The van der Waals surface area contributed by atoms with Gasteiger partial charge < -0.3 is 5.32 Å². The van der Waals surface area contributed by atoms with Gasteiger partial charge in [-0.2, -0.15) is 4.31 Å². The Morgan fingerprint density at radius 3 is 2.07 bits per heavy atom. The van der Waals surface area contributed by atoms with Crippen LogP contribution in [0.3, 0.4) is 0 Å². The van der Waals surface area contributed by atoms with Gasteiger partial charge in [0.2, 0.25) is 10.0 Å². The number of piperazine rings is 1. The summed E-state index contributed by atoms with van der Waals surface area (Å²) < 4.78 is 24.0. The lowest BCUT2D eigenvalue weighted by molar-refractivity contribution is 0.131. The molecule has 1 rings (SSSR count). The van der Waals surface area contributed by atoms with Crippen molar-refractivity contribution in [3.63, 3.8) is 0 Å². The molecule has 0 bridgehead atoms. The second-order valence-corrected chi connectivity index (χ2v) is 5.65. The maximum absolute atomic E-state index is 11.2. The largest absolute Gasteiger partial charge is 0.305 e. The van der Waals surface area contributed by atoms with Gasteiger partial charge in [0.25, 0.3) is 0 Å². The van der Waals surface area contributed by atoms with Crippen LogP contribution in [0.25, 0.3) is 0 Å². The maximum atomic E-state index is 11.2. The van der Waals surface area contributed by atoms with Gasteiger partial charge in [-0.3, -0.25) is 4.90 Å². The SMILES string of the molecule is CNC(C)N1CCN(S(C)(=O)=O)CC1. The van der Waals surface area contributed by atoms with Gasteiger partial charge in [0.05, 0.1) is 12.4 Å². The fraction of sp³-hybridized carbons (Fsp3) is 1.00. The van der Waals surface area contributed by atoms with Gasteiger partial charge in [-0.1, -0.05) is 0 Å². The van der Waals surface area contributed by atoms with E-state index in [0.717, 1.165) is 13.1 Å². The zero-order valence-electron chi connectivity index (χ0n) is 9.02. The lowest BCUT2D eigenvalue weighted by Crippen LogP contribution is -2.53. The summed E-state index contributed by atoms with van der Waals surface area (Å²) in [6, 6.07) is 0. The minimum absolute atomic E-state index is 0.316. The molecule has 5 nitrogen and oxygen atoms in total. The summed E-state index contributed by atoms with van der Waals surface area (Å²) in [6.07, 6.45) is 1.58. The lowest BCUT2D eigenvalue weighted by Gasteiger charge is -2.36. The van der Waals surface area contributed by atoms with Crippen molar-refractivity contribution in [2.45, 2.75) is 13.1 Å². The molecule has 0 spiro atoms. The van der Waals surface area contributed by atoms with Crippen LogP contribution < -0.4 is 5.32 Å². The van der Waals surface area contributed by atoms with E-state index in [1.807, 2.05) is 7.05 Å². The van der Waals surface area contributed by atoms with Crippen molar-refractivity contribution in [1.82, 2.24) is 14.5 Å². The average Bonchev–Trinajstić information content (AvgIpc) is 2.15. The Labute approximate surface area is 86.1 Å². The number of rotatable bonds is 3. The van der Waals surface area contributed by atoms with Gasteiger partial charge in [-0.05, 0) is 14.0 Å². The number of sulfonamides is 1. The third-order valence-corrected chi connectivity index (χ3v) is 4.01. The average molecular weight is 221 g/mol. The molecule has 1 fully saturated rings. The van der Waals surface area contributed by atoms with E-state index in [0.29, 0.717) is 19.3 Å². The zero-order chi connectivity index (χ0) is 10.8. The lowest BCUT2D eigenvalue weighted by atomic mass is 10.3. The van der Waals surface area contributed by atoms with Crippen molar-refractivity contribution >= 4 is 10.0 Å². The molecule has 0 amide bonds. The van der Waals surface area contributed by atoms with Crippen LogP contribution in [0.15, 0.2) is 0 Å². The van der Waals surface area contributed by atoms with Crippen molar-refractivity contribution in [2.75, 3.05) is 39.5 Å². The molecule has 84 valence electrons. The van der Waals surface area contributed by atoms with Crippen LogP contribution >= 0.6 is 0 Å². The summed E-state index contributed by atoms with van der Waals surface area (Å²) >= 11 is 0. The molecule has 14 heavy (non-hydrogen) atoms. The molecule has 1 unspecified atom stereocenters. The molecule has 0 aliphatic carbocycles. The van der Waals surface area contributed by atoms with Crippen molar-refractivity contribution < 1.29 is 8.42 Å². The minimum atomic E-state index is -3.00. The first-order valence-corrected chi connectivity index (χ1v) is 6.66. The van der Waals surface area contributed by atoms with Gasteiger partial charge in [0.1, 0.15) is 0 Å². The fourth-order valence-electron chi connectivity index (χ4n) is 1.61. The molecular weight excluding hydrogens is 202 g/mol. The summed E-state index contributed by atoms with van der Waals surface area (Å²) in [6.45, 7) is 4.88. The van der Waals surface area contributed by atoms with Crippen molar-refractivity contribution in [1.29, 1.82) is 0 Å². The quantitative estimate of drug-likeness (QED) is 0.673. The highest BCUT2D eigenvalue weighted by atomic mass is 32.2. The molecule has 0 aromatic rings. The maximum Gasteiger partial charge on any atom is 0.211 e. The van der Waals surface area contributed by atoms with E-state index in [2.05, 4.69) is 17.1 Å². The third kappa shape index (κ3) is 2.91. The van der Waals surface area contributed by atoms with Crippen molar-refractivity contribution in [3.8, 4) is 0 Å². The Hall–Kier alpha value is -0.170. The van der Waals surface area contributed by atoms with E-state index in [1.165, 1.54) is 10.6 Å². The molecule has 1 heterocycles. The van der Waals surface area contributed by atoms with E-state index in [-0.39, 0.29) is 0 Å². The van der Waals surface area contributed by atoms with Crippen LogP contribution in [0.2, 0.25) is 0 Å². The Morgan fingerprint density at radius 1 is 1.21 bits per heavy atom. The van der Waals surface area contributed by atoms with Crippen molar-refractivity contribution in [3.05, 3.63) is 0 Å². The zero-order valence-corrected chi connectivity index (χ0v) is 9.84. The van der Waals surface area contributed by atoms with Gasteiger partial charge in [0.15, 0.2) is 0 Å². The molecule has 1 saturated heterocycles. The second kappa shape index (κ2) is 4.57. The van der Waals surface area contributed by atoms with Crippen LogP contribution in [0, 0.1) is 0 Å². The number of hydrogen-bond acceptors (Lipinski definition) is 4. The van der Waals surface area contributed by atoms with Crippen LogP contribution in [0.5, 0.6) is 0 Å². The molecule has 6 heteroatoms. The molecule has 1 aliphatic rings. The Balaban J connectivity index is 2.47. The predicted octanol–water partition coefficient (Wildman–Crippen LogP) is -0.871. The highest BCUT2D eigenvalue weighted by Gasteiger charge is 2.24. The van der Waals surface area contributed by atoms with Gasteiger partial charge >= 0.3 is 0 Å². The van der Waals surface area contributed by atoms with Crippen LogP contribution in [0.1, 0.15) is 6.92 Å². The molecule has 1 aliphatic heterocycles. The topological polar surface area (TPSA) is 52.6 Å². The highest BCUT2D eigenvalue weighted by molar-refractivity contribution is 7.88. The Morgan fingerprint density at radius 2 is 1.71 bits per heavy atom. The van der Waals surface area contributed by atoms with Crippen LogP contribution in [-0.4, -0.2) is 63.3 Å². The first-order valence-electron chi connectivity index (χ1n) is 4.81. The molecular formula is C8H19N3O2S. The number of nitrogens with zero attached hydrogens (tertiary/aromatic N) is 2. The first-order chi connectivity index (χ1) is 6.45. The number of hydrogen-bond donors (Lipinski definition) is 1. The van der Waals surface area contributed by atoms with Gasteiger partial charge in [-0.15, -0.1) is 0 Å². The molecule has 0 radical (unpaired) electrons. The monoisotopic (exact) mass is 221 g/mol. The normalized spacial score (nSPS) is 23.6. The molecule has 1 atom stereocenters. The van der Waals surface area contributed by atoms with Gasteiger partial charge in [-0.25, -0.2) is 8.42 Å². The second-order valence-electron chi connectivity index (χ2n) is 3.66. The van der Waals surface area contributed by atoms with Crippen LogP contribution in [-0.2, 0) is 10.0 Å². The summed E-state index contributed by atoms with van der Waals surface area (Å²) in [7, 11) is -1.09.